The predicted octanol–water partition coefficient (Wildman–Crippen LogP) is 5.41. The lowest BCUT2D eigenvalue weighted by atomic mass is 10.0. The number of halogens is 1. The van der Waals surface area contributed by atoms with Crippen molar-refractivity contribution < 1.29 is 9.53 Å². The van der Waals surface area contributed by atoms with Crippen LogP contribution in [0.3, 0.4) is 0 Å². The molecule has 0 aliphatic carbocycles. The van der Waals surface area contributed by atoms with Crippen LogP contribution in [0.2, 0.25) is 0 Å². The maximum absolute atomic E-state index is 11.8. The molecule has 152 valence electrons. The van der Waals surface area contributed by atoms with Gasteiger partial charge in [0.15, 0.2) is 0 Å². The van der Waals surface area contributed by atoms with Crippen molar-refractivity contribution in [2.75, 3.05) is 13.1 Å². The molecule has 1 aliphatic rings. The quantitative estimate of drug-likeness (QED) is 0.577. The zero-order valence-electron chi connectivity index (χ0n) is 16.9. The van der Waals surface area contributed by atoms with Crippen LogP contribution in [0.25, 0.3) is 22.0 Å². The number of hydrogen-bond donors (Lipinski definition) is 0. The number of ether oxygens (including phenoxy) is 1. The highest BCUT2D eigenvalue weighted by Crippen LogP contribution is 2.27. The van der Waals surface area contributed by atoms with E-state index in [9.17, 15) is 4.79 Å². The Balaban J connectivity index is 0.00000240. The summed E-state index contributed by atoms with van der Waals surface area (Å²) in [5, 5.41) is 1.16. The van der Waals surface area contributed by atoms with Crippen molar-refractivity contribution in [2.45, 2.75) is 39.2 Å². The van der Waals surface area contributed by atoms with Crippen molar-refractivity contribution in [1.82, 2.24) is 9.88 Å². The Labute approximate surface area is 178 Å². The molecule has 0 N–H and O–H groups in total. The highest BCUT2D eigenvalue weighted by molar-refractivity contribution is 5.86. The lowest BCUT2D eigenvalue weighted by molar-refractivity contribution is -0.132. The third-order valence-electron chi connectivity index (χ3n) is 5.50. The molecule has 1 fully saturated rings. The maximum atomic E-state index is 11.8. The molecule has 1 amide bonds. The number of fused-ring (bicyclic) bond motifs is 1. The highest BCUT2D eigenvalue weighted by Gasteiger charge is 2.22. The topological polar surface area (TPSA) is 42.4 Å². The summed E-state index contributed by atoms with van der Waals surface area (Å²) in [7, 11) is 0. The first-order valence-corrected chi connectivity index (χ1v) is 10.0. The third-order valence-corrected chi connectivity index (χ3v) is 5.50. The minimum Gasteiger partial charge on any atom is -0.490 e. The molecule has 0 bridgehead atoms. The van der Waals surface area contributed by atoms with E-state index in [0.717, 1.165) is 53.7 Å². The van der Waals surface area contributed by atoms with Crippen LogP contribution in [0.1, 0.15) is 31.7 Å². The first-order chi connectivity index (χ1) is 13.6. The molecule has 0 radical (unpaired) electrons. The summed E-state index contributed by atoms with van der Waals surface area (Å²) in [4.78, 5) is 18.4. The average molecular weight is 411 g/mol. The number of carbonyl (C=O) groups is 1. The van der Waals surface area contributed by atoms with E-state index in [-0.39, 0.29) is 24.4 Å². The number of piperidine rings is 1. The fraction of sp³-hybridized carbons (Fsp3) is 0.333. The van der Waals surface area contributed by atoms with Gasteiger partial charge in [-0.25, -0.2) is 0 Å². The largest absolute Gasteiger partial charge is 0.490 e. The average Bonchev–Trinajstić information content (AvgIpc) is 2.74. The predicted molar refractivity (Wildman–Crippen MR) is 120 cm³/mol. The van der Waals surface area contributed by atoms with Gasteiger partial charge in [-0.2, -0.15) is 0 Å². The summed E-state index contributed by atoms with van der Waals surface area (Å²) in [5.74, 6) is 1.12. The number of aryl methyl sites for hydroxylation is 1. The number of aromatic nitrogens is 1. The van der Waals surface area contributed by atoms with Crippen molar-refractivity contribution in [3.63, 3.8) is 0 Å². The number of likely N-dealkylation sites (tertiary alicyclic amines) is 1. The molecule has 0 saturated carbocycles. The van der Waals surface area contributed by atoms with Gasteiger partial charge in [0.25, 0.3) is 0 Å². The van der Waals surface area contributed by atoms with Gasteiger partial charge in [-0.15, -0.1) is 12.4 Å². The SMILES string of the molecule is CCC(=O)N1CCC(Oc2ccc(-c3cnc4c(C)cccc4c3)cc2)CC1.Cl. The van der Waals surface area contributed by atoms with E-state index in [1.54, 1.807) is 0 Å². The monoisotopic (exact) mass is 410 g/mol. The van der Waals surface area contributed by atoms with Gasteiger partial charge in [0.1, 0.15) is 11.9 Å². The fourth-order valence-corrected chi connectivity index (χ4v) is 3.84. The minimum atomic E-state index is 0. The molecule has 0 spiro atoms. The number of amides is 1. The number of nitrogens with zero attached hydrogens (tertiary/aromatic N) is 2. The van der Waals surface area contributed by atoms with Crippen LogP contribution in [-0.4, -0.2) is 35.0 Å². The van der Waals surface area contributed by atoms with Crippen LogP contribution in [0, 0.1) is 6.92 Å². The van der Waals surface area contributed by atoms with Crippen LogP contribution in [0.5, 0.6) is 5.75 Å². The summed E-state index contributed by atoms with van der Waals surface area (Å²) in [6.45, 7) is 5.58. The Bertz CT molecular complexity index is 980. The van der Waals surface area contributed by atoms with Gasteiger partial charge < -0.3 is 9.64 Å². The summed E-state index contributed by atoms with van der Waals surface area (Å²) >= 11 is 0. The molecular weight excluding hydrogens is 384 g/mol. The number of rotatable bonds is 4. The van der Waals surface area contributed by atoms with Gasteiger partial charge in [-0.1, -0.05) is 37.3 Å². The first-order valence-electron chi connectivity index (χ1n) is 10.0. The van der Waals surface area contributed by atoms with E-state index < -0.39 is 0 Å². The summed E-state index contributed by atoms with van der Waals surface area (Å²) < 4.78 is 6.14. The van der Waals surface area contributed by atoms with E-state index in [1.165, 1.54) is 5.56 Å². The number of benzene rings is 2. The van der Waals surface area contributed by atoms with Gasteiger partial charge in [0, 0.05) is 49.5 Å². The molecule has 4 rings (SSSR count). The standard InChI is InChI=1S/C24H26N2O2.ClH/c1-3-23(27)26-13-11-22(12-14-26)28-21-9-7-18(8-10-21)20-15-19-6-4-5-17(2)24(19)25-16-20;/h4-10,15-16,22H,3,11-14H2,1-2H3;1H. The van der Waals surface area contributed by atoms with Gasteiger partial charge in [0.05, 0.1) is 5.52 Å². The van der Waals surface area contributed by atoms with Crippen LogP contribution >= 0.6 is 12.4 Å². The molecule has 4 nitrogen and oxygen atoms in total. The Kier molecular flexibility index (Phi) is 6.75. The zero-order valence-corrected chi connectivity index (χ0v) is 17.7. The van der Waals surface area contributed by atoms with Crippen molar-refractivity contribution in [3.05, 3.63) is 60.3 Å². The van der Waals surface area contributed by atoms with E-state index in [0.29, 0.717) is 6.42 Å². The second kappa shape index (κ2) is 9.27. The third kappa shape index (κ3) is 4.70. The number of pyridine rings is 1. The summed E-state index contributed by atoms with van der Waals surface area (Å²) in [5.41, 5.74) is 4.49. The summed E-state index contributed by atoms with van der Waals surface area (Å²) in [6.07, 6.45) is 4.47. The normalized spacial score (nSPS) is 14.5. The number of carbonyl (C=O) groups excluding carboxylic acids is 1. The number of hydrogen-bond acceptors (Lipinski definition) is 3. The lowest BCUT2D eigenvalue weighted by Gasteiger charge is -2.32. The molecule has 2 aromatic carbocycles. The first kappa shape index (κ1) is 21.1. The molecule has 0 unspecified atom stereocenters. The second-order valence-electron chi connectivity index (χ2n) is 7.45. The van der Waals surface area contributed by atoms with Crippen LogP contribution in [-0.2, 0) is 4.79 Å². The highest BCUT2D eigenvalue weighted by atomic mass is 35.5. The molecule has 0 atom stereocenters. The van der Waals surface area contributed by atoms with Crippen molar-refractivity contribution in [3.8, 4) is 16.9 Å². The van der Waals surface area contributed by atoms with Crippen LogP contribution in [0.15, 0.2) is 54.7 Å². The number of para-hydroxylation sites is 1. The Morgan fingerprint density at radius 2 is 1.83 bits per heavy atom. The minimum absolute atomic E-state index is 0. The Morgan fingerprint density at radius 3 is 2.52 bits per heavy atom. The van der Waals surface area contributed by atoms with E-state index in [4.69, 9.17) is 4.74 Å². The van der Waals surface area contributed by atoms with E-state index in [2.05, 4.69) is 48.3 Å². The molecule has 3 aromatic rings. The molecule has 1 aliphatic heterocycles. The van der Waals surface area contributed by atoms with Gasteiger partial charge in [-0.05, 0) is 36.2 Å². The van der Waals surface area contributed by atoms with E-state index in [1.807, 2.05) is 30.2 Å². The zero-order chi connectivity index (χ0) is 19.5. The van der Waals surface area contributed by atoms with Gasteiger partial charge in [-0.3, -0.25) is 9.78 Å². The van der Waals surface area contributed by atoms with Gasteiger partial charge in [0.2, 0.25) is 5.91 Å². The van der Waals surface area contributed by atoms with Crippen molar-refractivity contribution in [2.24, 2.45) is 0 Å². The van der Waals surface area contributed by atoms with Crippen molar-refractivity contribution in [1.29, 1.82) is 0 Å². The van der Waals surface area contributed by atoms with E-state index >= 15 is 0 Å². The smallest absolute Gasteiger partial charge is 0.222 e. The Morgan fingerprint density at radius 1 is 1.10 bits per heavy atom. The Hall–Kier alpha value is -2.59. The van der Waals surface area contributed by atoms with Crippen LogP contribution in [0.4, 0.5) is 0 Å². The second-order valence-corrected chi connectivity index (χ2v) is 7.45. The molecule has 29 heavy (non-hydrogen) atoms. The molecular formula is C24H27ClN2O2. The molecule has 1 saturated heterocycles. The molecule has 5 heteroatoms. The van der Waals surface area contributed by atoms with Gasteiger partial charge >= 0.3 is 0 Å². The molecule has 1 aromatic heterocycles. The summed E-state index contributed by atoms with van der Waals surface area (Å²) in [6, 6.07) is 16.7. The lowest BCUT2D eigenvalue weighted by Crippen LogP contribution is -2.41. The fourth-order valence-electron chi connectivity index (χ4n) is 3.84. The van der Waals surface area contributed by atoms with Crippen molar-refractivity contribution >= 4 is 29.2 Å². The maximum Gasteiger partial charge on any atom is 0.222 e. The van der Waals surface area contributed by atoms with Crippen LogP contribution < -0.4 is 4.74 Å². The molecule has 2 heterocycles.